The second-order valence-corrected chi connectivity index (χ2v) is 4.40. The highest BCUT2D eigenvalue weighted by molar-refractivity contribution is 5.69. The number of methoxy groups -OCH3 is 1. The number of carbonyl (C=O) groups is 1. The quantitative estimate of drug-likeness (QED) is 0.689. The number of rotatable bonds is 7. The van der Waals surface area contributed by atoms with Crippen molar-refractivity contribution in [2.24, 2.45) is 0 Å². The molecule has 0 spiro atoms. The SMILES string of the molecule is CCN(CCC(=O)OC)Cc1nc(C(C)C)no1. The number of esters is 1. The standard InChI is InChI=1S/C12H21N3O3/c1-5-15(7-6-11(16)17-4)8-10-13-12(9(2)3)14-18-10/h9H,5-8H2,1-4H3. The summed E-state index contributed by atoms with van der Waals surface area (Å²) < 4.78 is 9.79. The summed E-state index contributed by atoms with van der Waals surface area (Å²) in [6, 6.07) is 0. The summed E-state index contributed by atoms with van der Waals surface area (Å²) in [6.07, 6.45) is 0.371. The lowest BCUT2D eigenvalue weighted by atomic mass is 10.2. The molecule has 18 heavy (non-hydrogen) atoms. The second-order valence-electron chi connectivity index (χ2n) is 4.40. The Bertz CT molecular complexity index is 376. The zero-order chi connectivity index (χ0) is 13.5. The molecule has 1 rings (SSSR count). The molecule has 6 heteroatoms. The van der Waals surface area contributed by atoms with Gasteiger partial charge in [-0.15, -0.1) is 0 Å². The molecule has 0 unspecified atom stereocenters. The zero-order valence-electron chi connectivity index (χ0n) is 11.5. The number of nitrogens with zero attached hydrogens (tertiary/aromatic N) is 3. The molecule has 0 saturated heterocycles. The average Bonchev–Trinajstić information content (AvgIpc) is 2.82. The van der Waals surface area contributed by atoms with Gasteiger partial charge in [0.25, 0.3) is 0 Å². The van der Waals surface area contributed by atoms with Crippen molar-refractivity contribution in [3.63, 3.8) is 0 Å². The number of hydrogen-bond acceptors (Lipinski definition) is 6. The molecule has 0 aromatic carbocycles. The van der Waals surface area contributed by atoms with E-state index in [0.29, 0.717) is 31.2 Å². The smallest absolute Gasteiger partial charge is 0.306 e. The van der Waals surface area contributed by atoms with Crippen LogP contribution in [0, 0.1) is 0 Å². The highest BCUT2D eigenvalue weighted by Gasteiger charge is 2.13. The minimum Gasteiger partial charge on any atom is -0.469 e. The van der Waals surface area contributed by atoms with E-state index in [4.69, 9.17) is 4.52 Å². The van der Waals surface area contributed by atoms with E-state index < -0.39 is 0 Å². The average molecular weight is 255 g/mol. The Morgan fingerprint density at radius 3 is 2.72 bits per heavy atom. The molecule has 1 aromatic rings. The molecule has 0 saturated carbocycles. The van der Waals surface area contributed by atoms with Gasteiger partial charge in [0.1, 0.15) is 0 Å². The van der Waals surface area contributed by atoms with Gasteiger partial charge in [-0.05, 0) is 6.54 Å². The maximum atomic E-state index is 11.1. The van der Waals surface area contributed by atoms with E-state index >= 15 is 0 Å². The lowest BCUT2D eigenvalue weighted by molar-refractivity contribution is -0.141. The van der Waals surface area contributed by atoms with Crippen LogP contribution < -0.4 is 0 Å². The van der Waals surface area contributed by atoms with Crippen molar-refractivity contribution in [3.8, 4) is 0 Å². The first kappa shape index (κ1) is 14.6. The first-order valence-corrected chi connectivity index (χ1v) is 6.18. The number of aromatic nitrogens is 2. The zero-order valence-corrected chi connectivity index (χ0v) is 11.5. The van der Waals surface area contributed by atoms with Gasteiger partial charge in [-0.3, -0.25) is 9.69 Å². The lowest BCUT2D eigenvalue weighted by Crippen LogP contribution is -2.26. The molecule has 6 nitrogen and oxygen atoms in total. The normalized spacial score (nSPS) is 11.2. The summed E-state index contributed by atoms with van der Waals surface area (Å²) >= 11 is 0. The fraction of sp³-hybridized carbons (Fsp3) is 0.750. The van der Waals surface area contributed by atoms with E-state index in [2.05, 4.69) is 19.8 Å². The summed E-state index contributed by atoms with van der Waals surface area (Å²) in [5, 5.41) is 3.91. The van der Waals surface area contributed by atoms with Crippen molar-refractivity contribution in [2.75, 3.05) is 20.2 Å². The molecule has 1 aromatic heterocycles. The minimum absolute atomic E-state index is 0.207. The maximum Gasteiger partial charge on any atom is 0.306 e. The van der Waals surface area contributed by atoms with Gasteiger partial charge >= 0.3 is 5.97 Å². The fourth-order valence-electron chi connectivity index (χ4n) is 1.46. The largest absolute Gasteiger partial charge is 0.469 e. The van der Waals surface area contributed by atoms with Gasteiger partial charge in [0.15, 0.2) is 5.82 Å². The van der Waals surface area contributed by atoms with Gasteiger partial charge in [0.2, 0.25) is 5.89 Å². The summed E-state index contributed by atoms with van der Waals surface area (Å²) in [4.78, 5) is 17.5. The first-order valence-electron chi connectivity index (χ1n) is 6.18. The number of carbonyl (C=O) groups excluding carboxylic acids is 1. The molecule has 0 aliphatic carbocycles. The molecule has 102 valence electrons. The Hall–Kier alpha value is -1.43. The Kier molecular flexibility index (Phi) is 5.77. The third-order valence-electron chi connectivity index (χ3n) is 2.67. The highest BCUT2D eigenvalue weighted by Crippen LogP contribution is 2.11. The van der Waals surface area contributed by atoms with Crippen LogP contribution in [0.5, 0.6) is 0 Å². The third-order valence-corrected chi connectivity index (χ3v) is 2.67. The summed E-state index contributed by atoms with van der Waals surface area (Å²) in [6.45, 7) is 8.07. The monoisotopic (exact) mass is 255 g/mol. The molecule has 0 atom stereocenters. The van der Waals surface area contributed by atoms with Crippen LogP contribution in [0.1, 0.15) is 44.8 Å². The number of hydrogen-bond donors (Lipinski definition) is 0. The molecule has 0 fully saturated rings. The predicted octanol–water partition coefficient (Wildman–Crippen LogP) is 1.58. The van der Waals surface area contributed by atoms with Crippen LogP contribution in [0.4, 0.5) is 0 Å². The van der Waals surface area contributed by atoms with Crippen molar-refractivity contribution in [1.29, 1.82) is 0 Å². The first-order chi connectivity index (χ1) is 8.56. The summed E-state index contributed by atoms with van der Waals surface area (Å²) in [5.74, 6) is 1.36. The fourth-order valence-corrected chi connectivity index (χ4v) is 1.46. The Balaban J connectivity index is 2.48. The van der Waals surface area contributed by atoms with Crippen LogP contribution in [-0.4, -0.2) is 41.2 Å². The van der Waals surface area contributed by atoms with Gasteiger partial charge in [-0.25, -0.2) is 0 Å². The Morgan fingerprint density at radius 2 is 2.22 bits per heavy atom. The van der Waals surface area contributed by atoms with Crippen molar-refractivity contribution in [1.82, 2.24) is 15.0 Å². The Labute approximate surface area is 107 Å². The van der Waals surface area contributed by atoms with Crippen LogP contribution >= 0.6 is 0 Å². The van der Waals surface area contributed by atoms with E-state index in [1.807, 2.05) is 20.8 Å². The van der Waals surface area contributed by atoms with Gasteiger partial charge in [0, 0.05) is 12.5 Å². The molecule has 0 aliphatic heterocycles. The molecule has 1 heterocycles. The number of ether oxygens (including phenoxy) is 1. The van der Waals surface area contributed by atoms with Crippen molar-refractivity contribution in [3.05, 3.63) is 11.7 Å². The molecular weight excluding hydrogens is 234 g/mol. The van der Waals surface area contributed by atoms with Gasteiger partial charge in [-0.1, -0.05) is 25.9 Å². The highest BCUT2D eigenvalue weighted by atomic mass is 16.5. The van der Waals surface area contributed by atoms with Crippen LogP contribution in [-0.2, 0) is 16.1 Å². The van der Waals surface area contributed by atoms with E-state index in [1.165, 1.54) is 7.11 Å². The van der Waals surface area contributed by atoms with Crippen LogP contribution in [0.2, 0.25) is 0 Å². The summed E-state index contributed by atoms with van der Waals surface area (Å²) in [7, 11) is 1.39. The second kappa shape index (κ2) is 7.10. The topological polar surface area (TPSA) is 68.5 Å². The predicted molar refractivity (Wildman–Crippen MR) is 66.0 cm³/mol. The van der Waals surface area contributed by atoms with E-state index in [9.17, 15) is 4.79 Å². The van der Waals surface area contributed by atoms with Crippen LogP contribution in [0.25, 0.3) is 0 Å². The molecule has 0 bridgehead atoms. The molecular formula is C12H21N3O3. The molecule has 0 amide bonds. The summed E-state index contributed by atoms with van der Waals surface area (Å²) in [5.41, 5.74) is 0. The van der Waals surface area contributed by atoms with Crippen LogP contribution in [0.3, 0.4) is 0 Å². The molecule has 0 radical (unpaired) electrons. The molecule has 0 aliphatic rings. The van der Waals surface area contributed by atoms with E-state index in [1.54, 1.807) is 0 Å². The van der Waals surface area contributed by atoms with Gasteiger partial charge < -0.3 is 9.26 Å². The van der Waals surface area contributed by atoms with Gasteiger partial charge in [-0.2, -0.15) is 4.98 Å². The van der Waals surface area contributed by atoms with Crippen molar-refractivity contribution in [2.45, 2.75) is 39.7 Å². The minimum atomic E-state index is -0.207. The molecule has 0 N–H and O–H groups in total. The third kappa shape index (κ3) is 4.44. The van der Waals surface area contributed by atoms with Crippen LogP contribution in [0.15, 0.2) is 4.52 Å². The van der Waals surface area contributed by atoms with E-state index in [0.717, 1.165) is 6.54 Å². The van der Waals surface area contributed by atoms with Crippen molar-refractivity contribution >= 4 is 5.97 Å². The maximum absolute atomic E-state index is 11.1. The lowest BCUT2D eigenvalue weighted by Gasteiger charge is -2.16. The van der Waals surface area contributed by atoms with Crippen molar-refractivity contribution < 1.29 is 14.1 Å². The Morgan fingerprint density at radius 1 is 1.50 bits per heavy atom. The van der Waals surface area contributed by atoms with Gasteiger partial charge in [0.05, 0.1) is 20.1 Å². The van der Waals surface area contributed by atoms with E-state index in [-0.39, 0.29) is 11.9 Å².